The van der Waals surface area contributed by atoms with Crippen LogP contribution in [0.1, 0.15) is 35.4 Å². The van der Waals surface area contributed by atoms with E-state index < -0.39 is 0 Å². The van der Waals surface area contributed by atoms with Gasteiger partial charge in [0.1, 0.15) is 0 Å². The Bertz CT molecular complexity index is 549. The number of rotatable bonds is 2. The highest BCUT2D eigenvalue weighted by Crippen LogP contribution is 2.45. The molecule has 0 aromatic heterocycles. The van der Waals surface area contributed by atoms with Crippen molar-refractivity contribution in [2.45, 2.75) is 25.7 Å². The largest absolute Gasteiger partial charge is 0.289 e. The van der Waals surface area contributed by atoms with E-state index in [0.717, 1.165) is 21.9 Å². The second-order valence-corrected chi connectivity index (χ2v) is 4.24. The summed E-state index contributed by atoms with van der Waals surface area (Å²) in [6, 6.07) is 2.16. The van der Waals surface area contributed by atoms with E-state index in [9.17, 15) is 4.79 Å². The van der Waals surface area contributed by atoms with Crippen LogP contribution in [0.5, 0.6) is 0 Å². The van der Waals surface area contributed by atoms with Gasteiger partial charge < -0.3 is 0 Å². The molecule has 1 aliphatic carbocycles. The van der Waals surface area contributed by atoms with E-state index in [1.807, 2.05) is 13.0 Å². The van der Waals surface area contributed by atoms with E-state index in [1.54, 1.807) is 0 Å². The van der Waals surface area contributed by atoms with E-state index in [4.69, 9.17) is 0 Å². The van der Waals surface area contributed by atoms with Gasteiger partial charge in [0.05, 0.1) is 0 Å². The molecule has 14 heavy (non-hydrogen) atoms. The Morgan fingerprint density at radius 2 is 2.14 bits per heavy atom. The fourth-order valence-corrected chi connectivity index (χ4v) is 2.22. The van der Waals surface area contributed by atoms with Crippen LogP contribution in [0.25, 0.3) is 16.8 Å². The summed E-state index contributed by atoms with van der Waals surface area (Å²) in [6.45, 7) is 5.80. The third-order valence-corrected chi connectivity index (χ3v) is 3.29. The molecule has 2 aromatic rings. The Hall–Kier alpha value is -1.37. The predicted molar refractivity (Wildman–Crippen MR) is 59.4 cm³/mol. The van der Waals surface area contributed by atoms with Crippen molar-refractivity contribution < 1.29 is 0 Å². The van der Waals surface area contributed by atoms with Gasteiger partial charge >= 0.3 is 0 Å². The molecule has 70 valence electrons. The lowest BCUT2D eigenvalue weighted by Crippen LogP contribution is -1.82. The van der Waals surface area contributed by atoms with E-state index in [-0.39, 0.29) is 5.43 Å². The van der Waals surface area contributed by atoms with Crippen LogP contribution in [0.3, 0.4) is 0 Å². The number of benzene rings is 1. The van der Waals surface area contributed by atoms with E-state index in [1.165, 1.54) is 18.4 Å². The lowest BCUT2D eigenvalue weighted by molar-refractivity contribution is 1.15. The van der Waals surface area contributed by atoms with Gasteiger partial charge in [0, 0.05) is 10.8 Å². The molecule has 0 bridgehead atoms. The topological polar surface area (TPSA) is 17.1 Å². The zero-order chi connectivity index (χ0) is 9.87. The molecule has 1 aliphatic rings. The van der Waals surface area contributed by atoms with Gasteiger partial charge in [-0.2, -0.15) is 0 Å². The van der Waals surface area contributed by atoms with Crippen molar-refractivity contribution >= 4 is 16.8 Å². The van der Waals surface area contributed by atoms with Crippen LogP contribution >= 0.6 is 0 Å². The van der Waals surface area contributed by atoms with E-state index in [2.05, 4.69) is 12.6 Å². The first-order chi connectivity index (χ1) is 6.74. The van der Waals surface area contributed by atoms with Gasteiger partial charge in [-0.3, -0.25) is 4.79 Å². The number of fused-ring (bicyclic) bond motifs is 1. The fourth-order valence-electron chi connectivity index (χ4n) is 2.22. The Labute approximate surface area is 82.7 Å². The van der Waals surface area contributed by atoms with Gasteiger partial charge in [-0.1, -0.05) is 18.7 Å². The smallest absolute Gasteiger partial charge is 0.195 e. The summed E-state index contributed by atoms with van der Waals surface area (Å²) in [6.07, 6.45) is 4.35. The monoisotopic (exact) mass is 184 g/mol. The first kappa shape index (κ1) is 7.98. The van der Waals surface area contributed by atoms with Crippen molar-refractivity contribution in [1.82, 2.24) is 0 Å². The van der Waals surface area contributed by atoms with Crippen molar-refractivity contribution in [2.24, 2.45) is 0 Å². The molecular weight excluding hydrogens is 172 g/mol. The van der Waals surface area contributed by atoms with Crippen LogP contribution < -0.4 is 5.43 Å². The van der Waals surface area contributed by atoms with Gasteiger partial charge in [0.25, 0.3) is 0 Å². The predicted octanol–water partition coefficient (Wildman–Crippen LogP) is 2.90. The van der Waals surface area contributed by atoms with E-state index >= 15 is 0 Å². The van der Waals surface area contributed by atoms with Gasteiger partial charge in [0.15, 0.2) is 5.43 Å². The van der Waals surface area contributed by atoms with Crippen molar-refractivity contribution in [2.75, 3.05) is 0 Å². The number of hydrogen-bond donors (Lipinski definition) is 0. The first-order valence-electron chi connectivity index (χ1n) is 5.08. The molecule has 0 atom stereocenters. The summed E-state index contributed by atoms with van der Waals surface area (Å²) >= 11 is 0. The molecule has 1 nitrogen and oxygen atoms in total. The minimum absolute atomic E-state index is 0.275. The molecule has 0 amide bonds. The summed E-state index contributed by atoms with van der Waals surface area (Å²) in [5.74, 6) is 0.662. The van der Waals surface area contributed by atoms with Crippen LogP contribution in [-0.2, 0) is 0 Å². The third kappa shape index (κ3) is 0.872. The highest BCUT2D eigenvalue weighted by Gasteiger charge is 2.31. The van der Waals surface area contributed by atoms with Gasteiger partial charge in [-0.05, 0) is 42.4 Å². The molecule has 1 fully saturated rings. The minimum atomic E-state index is 0.275. The molecule has 0 radical (unpaired) electrons. The molecule has 0 heterocycles. The average molecular weight is 184 g/mol. The summed E-state index contributed by atoms with van der Waals surface area (Å²) in [5, 5.41) is 2.00. The van der Waals surface area contributed by atoms with E-state index in [0.29, 0.717) is 5.92 Å². The minimum Gasteiger partial charge on any atom is -0.289 e. The van der Waals surface area contributed by atoms with Crippen LogP contribution in [0.4, 0.5) is 0 Å². The fraction of sp³-hybridized carbons (Fsp3) is 0.308. The normalized spacial score (nSPS) is 16.6. The lowest BCUT2D eigenvalue weighted by Gasteiger charge is -2.01. The SMILES string of the molecule is C=Cc1cc(C2CC2)c2c(=O)c2c1C. The van der Waals surface area contributed by atoms with Gasteiger partial charge in [-0.15, -0.1) is 0 Å². The van der Waals surface area contributed by atoms with Crippen molar-refractivity contribution in [3.63, 3.8) is 0 Å². The molecule has 3 rings (SSSR count). The lowest BCUT2D eigenvalue weighted by atomic mass is 10.0. The van der Waals surface area contributed by atoms with Crippen LogP contribution in [0, 0.1) is 6.92 Å². The molecule has 0 saturated heterocycles. The molecule has 2 aromatic carbocycles. The second kappa shape index (κ2) is 2.35. The average Bonchev–Trinajstić information content (AvgIpc) is 3.04. The Kier molecular flexibility index (Phi) is 1.34. The molecular formula is C13H12O. The first-order valence-corrected chi connectivity index (χ1v) is 5.08. The maximum Gasteiger partial charge on any atom is 0.195 e. The quantitative estimate of drug-likeness (QED) is 0.701. The highest BCUT2D eigenvalue weighted by atomic mass is 16.1. The summed E-state index contributed by atoms with van der Waals surface area (Å²) in [4.78, 5) is 11.6. The molecule has 1 heteroatoms. The number of aryl methyl sites for hydroxylation is 1. The maximum absolute atomic E-state index is 11.6. The zero-order valence-electron chi connectivity index (χ0n) is 8.26. The van der Waals surface area contributed by atoms with Crippen LogP contribution in [-0.4, -0.2) is 0 Å². The summed E-state index contributed by atoms with van der Waals surface area (Å²) < 4.78 is 0. The van der Waals surface area contributed by atoms with Crippen molar-refractivity contribution in [3.8, 4) is 0 Å². The standard InChI is InChI=1S/C13H12O/c1-3-8-6-10(9-4-5-9)12-11(7(8)2)13(12)14/h3,6,9H,1,4-5H2,2H3. The summed E-state index contributed by atoms with van der Waals surface area (Å²) in [5.41, 5.74) is 3.81. The van der Waals surface area contributed by atoms with Crippen LogP contribution in [0.15, 0.2) is 17.4 Å². The zero-order valence-corrected chi connectivity index (χ0v) is 8.26. The Morgan fingerprint density at radius 3 is 2.71 bits per heavy atom. The van der Waals surface area contributed by atoms with Crippen LogP contribution in [0.2, 0.25) is 0 Å². The summed E-state index contributed by atoms with van der Waals surface area (Å²) in [7, 11) is 0. The van der Waals surface area contributed by atoms with Crippen molar-refractivity contribution in [1.29, 1.82) is 0 Å². The van der Waals surface area contributed by atoms with Crippen molar-refractivity contribution in [3.05, 3.63) is 39.6 Å². The molecule has 0 unspecified atom stereocenters. The molecule has 1 saturated carbocycles. The van der Waals surface area contributed by atoms with Gasteiger partial charge in [-0.25, -0.2) is 0 Å². The second-order valence-electron chi connectivity index (χ2n) is 4.24. The third-order valence-electron chi connectivity index (χ3n) is 3.29. The highest BCUT2D eigenvalue weighted by molar-refractivity contribution is 6.04. The molecule has 0 aliphatic heterocycles. The molecule has 0 spiro atoms. The maximum atomic E-state index is 11.6. The molecule has 0 N–H and O–H groups in total. The Morgan fingerprint density at radius 1 is 1.43 bits per heavy atom. The Balaban J connectivity index is 2.33. The van der Waals surface area contributed by atoms with Gasteiger partial charge in [0.2, 0.25) is 0 Å². The number of hydrogen-bond acceptors (Lipinski definition) is 1.